The van der Waals surface area contributed by atoms with Gasteiger partial charge in [-0.2, -0.15) is 15.5 Å². The van der Waals surface area contributed by atoms with Crippen LogP contribution in [0.25, 0.3) is 0 Å². The van der Waals surface area contributed by atoms with Crippen molar-refractivity contribution in [1.29, 1.82) is 5.26 Å². The Hall–Kier alpha value is -1.63. The summed E-state index contributed by atoms with van der Waals surface area (Å²) in [5.74, 6) is 0. The van der Waals surface area contributed by atoms with E-state index in [4.69, 9.17) is 11.0 Å². The van der Waals surface area contributed by atoms with E-state index in [1.807, 2.05) is 0 Å². The lowest BCUT2D eigenvalue weighted by atomic mass is 10.5. The lowest BCUT2D eigenvalue weighted by Crippen LogP contribution is -1.85. The molecule has 0 unspecified atom stereocenters. The third kappa shape index (κ3) is 4.53. The van der Waals surface area contributed by atoms with Gasteiger partial charge in [-0.1, -0.05) is 0 Å². The molecule has 0 fully saturated rings. The van der Waals surface area contributed by atoms with Gasteiger partial charge in [-0.3, -0.25) is 0 Å². The molecule has 1 heterocycles. The zero-order chi connectivity index (χ0) is 7.82. The van der Waals surface area contributed by atoms with Crippen molar-refractivity contribution < 1.29 is 0 Å². The summed E-state index contributed by atoms with van der Waals surface area (Å²) in [6.07, 6.45) is 3.05. The first-order valence-corrected chi connectivity index (χ1v) is 2.64. The topological polar surface area (TPSA) is 75.6 Å². The highest BCUT2D eigenvalue weighted by Gasteiger charge is 1.74. The first-order valence-electron chi connectivity index (χ1n) is 2.64. The van der Waals surface area contributed by atoms with Crippen LogP contribution in [-0.2, 0) is 0 Å². The molecule has 4 nitrogen and oxygen atoms in total. The normalized spacial score (nSPS) is 6.80. The maximum atomic E-state index is 7.32. The Kier molecular flexibility index (Phi) is 4.61. The standard InChI is InChI=1S/C4H5N3.C2H3N/c5-4-1-2-6-7-3-4;1-2-3/h1-3H,(H2,5,6);1H3. The van der Waals surface area contributed by atoms with Crippen molar-refractivity contribution >= 4 is 5.69 Å². The van der Waals surface area contributed by atoms with Gasteiger partial charge in [0, 0.05) is 6.92 Å². The fourth-order valence-electron chi connectivity index (χ4n) is 0.301. The van der Waals surface area contributed by atoms with Gasteiger partial charge in [0.1, 0.15) is 0 Å². The Balaban J connectivity index is 0.000000236. The van der Waals surface area contributed by atoms with Crippen LogP contribution in [0.5, 0.6) is 0 Å². The minimum Gasteiger partial charge on any atom is -0.397 e. The molecule has 0 bridgehead atoms. The largest absolute Gasteiger partial charge is 0.397 e. The van der Waals surface area contributed by atoms with Crippen LogP contribution in [0.1, 0.15) is 6.92 Å². The van der Waals surface area contributed by atoms with Crippen LogP contribution in [0.15, 0.2) is 18.5 Å². The van der Waals surface area contributed by atoms with E-state index in [1.165, 1.54) is 13.1 Å². The maximum absolute atomic E-state index is 7.32. The predicted octanol–water partition coefficient (Wildman–Crippen LogP) is 0.589. The molecular formula is C6H8N4. The van der Waals surface area contributed by atoms with Crippen molar-refractivity contribution in [2.75, 3.05) is 5.73 Å². The molecule has 2 N–H and O–H groups in total. The minimum absolute atomic E-state index is 0.648. The number of nitriles is 1. The van der Waals surface area contributed by atoms with Crippen molar-refractivity contribution in [3.8, 4) is 6.07 Å². The number of hydrogen-bond donors (Lipinski definition) is 1. The number of anilines is 1. The van der Waals surface area contributed by atoms with Gasteiger partial charge in [0.25, 0.3) is 0 Å². The Morgan fingerprint density at radius 2 is 2.20 bits per heavy atom. The van der Waals surface area contributed by atoms with Gasteiger partial charge in [0.2, 0.25) is 0 Å². The number of nitrogen functional groups attached to an aromatic ring is 1. The zero-order valence-electron chi connectivity index (χ0n) is 5.65. The number of rotatable bonds is 0. The van der Waals surface area contributed by atoms with Gasteiger partial charge in [0.05, 0.1) is 24.2 Å². The molecule has 0 aliphatic heterocycles. The molecule has 0 amide bonds. The van der Waals surface area contributed by atoms with Crippen LogP contribution < -0.4 is 5.73 Å². The number of nitrogens with two attached hydrogens (primary N) is 1. The molecule has 0 saturated carbocycles. The molecule has 10 heavy (non-hydrogen) atoms. The fourth-order valence-corrected chi connectivity index (χ4v) is 0.301. The van der Waals surface area contributed by atoms with Crippen LogP contribution in [0.2, 0.25) is 0 Å². The fraction of sp³-hybridized carbons (Fsp3) is 0.167. The average Bonchev–Trinajstić information content (AvgIpc) is 1.91. The summed E-state index contributed by atoms with van der Waals surface area (Å²) < 4.78 is 0. The number of aromatic nitrogens is 2. The van der Waals surface area contributed by atoms with Crippen LogP contribution in [-0.4, -0.2) is 10.2 Å². The third-order valence-electron chi connectivity index (χ3n) is 0.607. The molecular weight excluding hydrogens is 128 g/mol. The Labute approximate surface area is 59.3 Å². The summed E-state index contributed by atoms with van der Waals surface area (Å²) in [4.78, 5) is 0. The maximum Gasteiger partial charge on any atom is 0.0725 e. The van der Waals surface area contributed by atoms with Gasteiger partial charge in [-0.15, -0.1) is 0 Å². The first kappa shape index (κ1) is 8.37. The lowest BCUT2D eigenvalue weighted by Gasteiger charge is -1.82. The van der Waals surface area contributed by atoms with Gasteiger partial charge in [-0.25, -0.2) is 0 Å². The number of nitrogens with zero attached hydrogens (tertiary/aromatic N) is 3. The molecule has 0 aliphatic rings. The highest BCUT2D eigenvalue weighted by Crippen LogP contribution is 1.89. The molecule has 0 spiro atoms. The van der Waals surface area contributed by atoms with E-state index in [0.717, 1.165) is 0 Å². The van der Waals surface area contributed by atoms with Crippen molar-refractivity contribution in [3.05, 3.63) is 18.5 Å². The molecule has 0 atom stereocenters. The van der Waals surface area contributed by atoms with Crippen LogP contribution >= 0.6 is 0 Å². The molecule has 1 aromatic heterocycles. The zero-order valence-corrected chi connectivity index (χ0v) is 5.65. The van der Waals surface area contributed by atoms with Gasteiger partial charge in [-0.05, 0) is 6.07 Å². The van der Waals surface area contributed by atoms with Crippen molar-refractivity contribution in [2.24, 2.45) is 0 Å². The second kappa shape index (κ2) is 5.51. The summed E-state index contributed by atoms with van der Waals surface area (Å²) in [5.41, 5.74) is 5.90. The quantitative estimate of drug-likeness (QED) is 0.566. The first-order chi connectivity index (χ1) is 4.81. The molecule has 0 radical (unpaired) electrons. The third-order valence-corrected chi connectivity index (χ3v) is 0.607. The molecule has 52 valence electrons. The minimum atomic E-state index is 0.648. The highest BCUT2D eigenvalue weighted by molar-refractivity contribution is 5.30. The average molecular weight is 136 g/mol. The van der Waals surface area contributed by atoms with Crippen molar-refractivity contribution in [2.45, 2.75) is 6.92 Å². The van der Waals surface area contributed by atoms with Gasteiger partial charge < -0.3 is 5.73 Å². The van der Waals surface area contributed by atoms with E-state index in [9.17, 15) is 0 Å². The molecule has 0 aliphatic carbocycles. The second-order valence-electron chi connectivity index (χ2n) is 1.40. The molecule has 1 aromatic rings. The van der Waals surface area contributed by atoms with E-state index in [1.54, 1.807) is 18.3 Å². The van der Waals surface area contributed by atoms with E-state index >= 15 is 0 Å². The van der Waals surface area contributed by atoms with Crippen LogP contribution in [0.4, 0.5) is 5.69 Å². The molecule has 0 saturated heterocycles. The van der Waals surface area contributed by atoms with Crippen LogP contribution in [0.3, 0.4) is 0 Å². The van der Waals surface area contributed by atoms with E-state index in [0.29, 0.717) is 5.69 Å². The smallest absolute Gasteiger partial charge is 0.0725 e. The van der Waals surface area contributed by atoms with Gasteiger partial charge >= 0.3 is 0 Å². The summed E-state index contributed by atoms with van der Waals surface area (Å²) in [6, 6.07) is 3.44. The second-order valence-corrected chi connectivity index (χ2v) is 1.40. The van der Waals surface area contributed by atoms with Crippen molar-refractivity contribution in [3.63, 3.8) is 0 Å². The lowest BCUT2D eigenvalue weighted by molar-refractivity contribution is 1.03. The highest BCUT2D eigenvalue weighted by atomic mass is 15.1. The van der Waals surface area contributed by atoms with Crippen LogP contribution in [0, 0.1) is 11.3 Å². The SMILES string of the molecule is CC#N.Nc1ccnnc1. The predicted molar refractivity (Wildman–Crippen MR) is 37.7 cm³/mol. The van der Waals surface area contributed by atoms with E-state index in [2.05, 4.69) is 10.2 Å². The molecule has 4 heteroatoms. The summed E-state index contributed by atoms with van der Waals surface area (Å²) in [5, 5.41) is 14.3. The van der Waals surface area contributed by atoms with Crippen molar-refractivity contribution in [1.82, 2.24) is 10.2 Å². The molecule has 0 aromatic carbocycles. The Morgan fingerprint density at radius 3 is 2.40 bits per heavy atom. The molecule has 1 rings (SSSR count). The summed E-state index contributed by atoms with van der Waals surface area (Å²) in [7, 11) is 0. The monoisotopic (exact) mass is 136 g/mol. The van der Waals surface area contributed by atoms with Gasteiger partial charge in [0.15, 0.2) is 0 Å². The Bertz CT molecular complexity index is 201. The summed E-state index contributed by atoms with van der Waals surface area (Å²) >= 11 is 0. The Morgan fingerprint density at radius 1 is 1.60 bits per heavy atom. The van der Waals surface area contributed by atoms with E-state index in [-0.39, 0.29) is 0 Å². The summed E-state index contributed by atoms with van der Waals surface area (Å²) in [6.45, 7) is 1.43. The van der Waals surface area contributed by atoms with E-state index < -0.39 is 0 Å². The number of hydrogen-bond acceptors (Lipinski definition) is 4.